The highest BCUT2D eigenvalue weighted by atomic mass is 32.1. The maximum absolute atomic E-state index is 12.1. The molecular formula is C11H13NO5S. The van der Waals surface area contributed by atoms with Crippen molar-refractivity contribution in [1.82, 2.24) is 4.90 Å². The van der Waals surface area contributed by atoms with Crippen LogP contribution < -0.4 is 4.74 Å². The molecule has 1 fully saturated rings. The van der Waals surface area contributed by atoms with E-state index in [1.807, 2.05) is 0 Å². The van der Waals surface area contributed by atoms with Gasteiger partial charge in [-0.15, -0.1) is 11.3 Å². The van der Waals surface area contributed by atoms with E-state index in [2.05, 4.69) is 0 Å². The number of thiophene rings is 1. The van der Waals surface area contributed by atoms with Crippen molar-refractivity contribution in [2.45, 2.75) is 18.6 Å². The maximum atomic E-state index is 12.1. The van der Waals surface area contributed by atoms with Crippen LogP contribution in [0.2, 0.25) is 0 Å². The number of hydrogen-bond donors (Lipinski definition) is 2. The van der Waals surface area contributed by atoms with Gasteiger partial charge in [0.25, 0.3) is 5.91 Å². The van der Waals surface area contributed by atoms with Crippen LogP contribution in [0.3, 0.4) is 0 Å². The summed E-state index contributed by atoms with van der Waals surface area (Å²) in [5.41, 5.74) is 0. The number of β-amino-alcohol motifs (C(OH)–C–C–N with tert-alkyl or cyclic N) is 1. The molecule has 2 heterocycles. The lowest BCUT2D eigenvalue weighted by atomic mass is 10.2. The normalized spacial score (nSPS) is 23.1. The number of rotatable bonds is 3. The number of carbonyl (C=O) groups excluding carboxylic acids is 1. The predicted molar refractivity (Wildman–Crippen MR) is 64.0 cm³/mol. The number of hydrogen-bond acceptors (Lipinski definition) is 5. The Morgan fingerprint density at radius 2 is 2.28 bits per heavy atom. The number of amides is 1. The van der Waals surface area contributed by atoms with E-state index in [0.29, 0.717) is 10.6 Å². The van der Waals surface area contributed by atoms with Crippen LogP contribution >= 0.6 is 11.3 Å². The number of nitrogens with zero attached hydrogens (tertiary/aromatic N) is 1. The van der Waals surface area contributed by atoms with Crippen LogP contribution in [0.4, 0.5) is 0 Å². The van der Waals surface area contributed by atoms with Gasteiger partial charge >= 0.3 is 5.97 Å². The van der Waals surface area contributed by atoms with Crippen molar-refractivity contribution in [2.75, 3.05) is 13.7 Å². The smallest absolute Gasteiger partial charge is 0.326 e. The molecule has 98 valence electrons. The average Bonchev–Trinajstić information content (AvgIpc) is 2.94. The second-order valence-electron chi connectivity index (χ2n) is 4.05. The molecule has 1 amide bonds. The summed E-state index contributed by atoms with van der Waals surface area (Å²) in [5, 5.41) is 20.2. The number of likely N-dealkylation sites (tertiary alicyclic amines) is 1. The molecule has 1 aromatic rings. The molecule has 0 bridgehead atoms. The van der Waals surface area contributed by atoms with E-state index in [9.17, 15) is 14.7 Å². The van der Waals surface area contributed by atoms with Crippen LogP contribution in [0.15, 0.2) is 11.4 Å². The van der Waals surface area contributed by atoms with E-state index in [1.165, 1.54) is 23.3 Å². The Kier molecular flexibility index (Phi) is 3.53. The Labute approximate surface area is 107 Å². The van der Waals surface area contributed by atoms with E-state index >= 15 is 0 Å². The molecule has 2 atom stereocenters. The SMILES string of the molecule is COc1csc(C(=O)N2C[C@H](O)C[C@H]2C(=O)O)c1. The molecule has 1 aliphatic heterocycles. The maximum Gasteiger partial charge on any atom is 0.326 e. The van der Waals surface area contributed by atoms with E-state index < -0.39 is 18.1 Å². The zero-order valence-electron chi connectivity index (χ0n) is 9.70. The Balaban J connectivity index is 2.19. The van der Waals surface area contributed by atoms with Crippen molar-refractivity contribution in [2.24, 2.45) is 0 Å². The number of carboxylic acid groups (broad SMARTS) is 1. The predicted octanol–water partition coefficient (Wildman–Crippen LogP) is 0.417. The zero-order valence-corrected chi connectivity index (χ0v) is 10.5. The largest absolute Gasteiger partial charge is 0.496 e. The second-order valence-corrected chi connectivity index (χ2v) is 4.96. The first-order valence-electron chi connectivity index (χ1n) is 5.37. The highest BCUT2D eigenvalue weighted by molar-refractivity contribution is 7.12. The van der Waals surface area contributed by atoms with Crippen molar-refractivity contribution in [1.29, 1.82) is 0 Å². The molecule has 1 aliphatic rings. The monoisotopic (exact) mass is 271 g/mol. The van der Waals surface area contributed by atoms with Crippen LogP contribution in [0, 0.1) is 0 Å². The third-order valence-electron chi connectivity index (χ3n) is 2.85. The molecular weight excluding hydrogens is 258 g/mol. The second kappa shape index (κ2) is 4.95. The summed E-state index contributed by atoms with van der Waals surface area (Å²) < 4.78 is 4.98. The van der Waals surface area contributed by atoms with Crippen LogP contribution in [0.25, 0.3) is 0 Å². The minimum absolute atomic E-state index is 0.0516. The highest BCUT2D eigenvalue weighted by Gasteiger charge is 2.39. The molecule has 1 aromatic heterocycles. The first-order valence-corrected chi connectivity index (χ1v) is 6.25. The molecule has 0 unspecified atom stereocenters. The minimum atomic E-state index is -1.09. The van der Waals surface area contributed by atoms with Crippen molar-refractivity contribution >= 4 is 23.2 Å². The summed E-state index contributed by atoms with van der Waals surface area (Å²) in [7, 11) is 1.50. The van der Waals surface area contributed by atoms with Gasteiger partial charge in [-0.25, -0.2) is 4.79 Å². The van der Waals surface area contributed by atoms with Crippen molar-refractivity contribution in [3.63, 3.8) is 0 Å². The van der Waals surface area contributed by atoms with E-state index in [4.69, 9.17) is 9.84 Å². The van der Waals surface area contributed by atoms with Gasteiger partial charge in [-0.1, -0.05) is 0 Å². The van der Waals surface area contributed by atoms with E-state index in [-0.39, 0.29) is 18.9 Å². The van der Waals surface area contributed by atoms with Crippen molar-refractivity contribution in [3.05, 3.63) is 16.3 Å². The molecule has 0 radical (unpaired) electrons. The number of aliphatic hydroxyl groups is 1. The van der Waals surface area contributed by atoms with Gasteiger partial charge in [-0.2, -0.15) is 0 Å². The third kappa shape index (κ3) is 2.32. The van der Waals surface area contributed by atoms with Gasteiger partial charge in [0.2, 0.25) is 0 Å². The lowest BCUT2D eigenvalue weighted by molar-refractivity contribution is -0.141. The molecule has 0 aliphatic carbocycles. The molecule has 6 nitrogen and oxygen atoms in total. The Morgan fingerprint density at radius 1 is 1.56 bits per heavy atom. The van der Waals surface area contributed by atoms with Gasteiger partial charge in [0.05, 0.1) is 18.1 Å². The summed E-state index contributed by atoms with van der Waals surface area (Å²) in [6, 6.07) is 0.608. The molecule has 0 spiro atoms. The third-order valence-corrected chi connectivity index (χ3v) is 3.74. The Hall–Kier alpha value is -1.60. The van der Waals surface area contributed by atoms with Gasteiger partial charge in [0.1, 0.15) is 11.8 Å². The average molecular weight is 271 g/mol. The Morgan fingerprint density at radius 3 is 2.83 bits per heavy atom. The fourth-order valence-electron chi connectivity index (χ4n) is 1.95. The highest BCUT2D eigenvalue weighted by Crippen LogP contribution is 2.26. The van der Waals surface area contributed by atoms with E-state index in [0.717, 1.165) is 0 Å². The number of aliphatic carboxylic acids is 1. The number of carboxylic acids is 1. The molecule has 7 heteroatoms. The fraction of sp³-hybridized carbons (Fsp3) is 0.455. The lowest BCUT2D eigenvalue weighted by Crippen LogP contribution is -2.40. The topological polar surface area (TPSA) is 87.1 Å². The van der Waals surface area contributed by atoms with Crippen LogP contribution in [-0.4, -0.2) is 52.8 Å². The fourth-order valence-corrected chi connectivity index (χ4v) is 2.76. The van der Waals surface area contributed by atoms with Gasteiger partial charge in [-0.05, 0) is 0 Å². The number of carbonyl (C=O) groups is 2. The number of methoxy groups -OCH3 is 1. The first-order chi connectivity index (χ1) is 8.52. The first kappa shape index (κ1) is 12.8. The molecule has 1 saturated heterocycles. The van der Waals surface area contributed by atoms with Crippen molar-refractivity contribution < 1.29 is 24.5 Å². The van der Waals surface area contributed by atoms with Crippen molar-refractivity contribution in [3.8, 4) is 5.75 Å². The van der Waals surface area contributed by atoms with Crippen LogP contribution in [0.1, 0.15) is 16.1 Å². The number of aliphatic hydroxyl groups excluding tert-OH is 1. The lowest BCUT2D eigenvalue weighted by Gasteiger charge is -2.20. The summed E-state index contributed by atoms with van der Waals surface area (Å²) in [4.78, 5) is 24.8. The summed E-state index contributed by atoms with van der Waals surface area (Å²) in [6.45, 7) is 0.0516. The summed E-state index contributed by atoms with van der Waals surface area (Å²) in [5.74, 6) is -0.911. The molecule has 0 aromatic carbocycles. The molecule has 18 heavy (non-hydrogen) atoms. The quantitative estimate of drug-likeness (QED) is 0.831. The zero-order chi connectivity index (χ0) is 13.3. The summed E-state index contributed by atoms with van der Waals surface area (Å²) in [6.07, 6.45) is -0.708. The van der Waals surface area contributed by atoms with Crippen LogP contribution in [-0.2, 0) is 4.79 Å². The number of ether oxygens (including phenoxy) is 1. The standard InChI is InChI=1S/C11H13NO5S/c1-17-7-3-9(18-5-7)10(14)12-4-6(13)2-8(12)11(15)16/h3,5-6,8,13H,2,4H2,1H3,(H,15,16)/t6-,8+/m1/s1. The van der Waals surface area contributed by atoms with E-state index in [1.54, 1.807) is 11.4 Å². The van der Waals surface area contributed by atoms with Crippen LogP contribution in [0.5, 0.6) is 5.75 Å². The Bertz CT molecular complexity index is 472. The van der Waals surface area contributed by atoms with Gasteiger partial charge < -0.3 is 19.8 Å². The van der Waals surface area contributed by atoms with Gasteiger partial charge in [0, 0.05) is 24.4 Å². The summed E-state index contributed by atoms with van der Waals surface area (Å²) >= 11 is 1.19. The molecule has 2 rings (SSSR count). The molecule has 0 saturated carbocycles. The van der Waals surface area contributed by atoms with Gasteiger partial charge in [-0.3, -0.25) is 4.79 Å². The van der Waals surface area contributed by atoms with Gasteiger partial charge in [0.15, 0.2) is 0 Å². The minimum Gasteiger partial charge on any atom is -0.496 e. The molecule has 2 N–H and O–H groups in total.